The molecule has 1 amide bonds. The van der Waals surface area contributed by atoms with Crippen LogP contribution in [-0.4, -0.2) is 41.9 Å². The Kier molecular flexibility index (Phi) is 6.81. The second-order valence-electron chi connectivity index (χ2n) is 6.50. The molecular weight excluding hydrogens is 298 g/mol. The Morgan fingerprint density at radius 3 is 2.12 bits per heavy atom. The number of nitriles is 1. The van der Waals surface area contributed by atoms with Crippen LogP contribution >= 0.6 is 0 Å². The van der Waals surface area contributed by atoms with Gasteiger partial charge in [0.25, 0.3) is 0 Å². The second-order valence-corrected chi connectivity index (χ2v) is 6.50. The maximum Gasteiger partial charge on any atom is 0.225 e. The van der Waals surface area contributed by atoms with Crippen molar-refractivity contribution < 1.29 is 4.79 Å². The number of benzene rings is 1. The first kappa shape index (κ1) is 18.5. The van der Waals surface area contributed by atoms with Gasteiger partial charge in [0.15, 0.2) is 0 Å². The van der Waals surface area contributed by atoms with Crippen LogP contribution in [0.15, 0.2) is 24.3 Å². The van der Waals surface area contributed by atoms with Crippen LogP contribution < -0.4 is 0 Å². The summed E-state index contributed by atoms with van der Waals surface area (Å²) < 4.78 is 0. The standard InChI is InChI=1S/C20H29N3O/c1-4-16-7-9-18(10-8-16)19(15-21)22-11-13-23(14-12-22)20(24)17(5-2)6-3/h7-10,17,19H,4-6,11-14H2,1-3H3. The zero-order chi connectivity index (χ0) is 17.5. The van der Waals surface area contributed by atoms with E-state index in [0.717, 1.165) is 51.0 Å². The van der Waals surface area contributed by atoms with E-state index in [2.05, 4.69) is 56.0 Å². The smallest absolute Gasteiger partial charge is 0.225 e. The average Bonchev–Trinajstić information content (AvgIpc) is 2.64. The van der Waals surface area contributed by atoms with Gasteiger partial charge in [-0.1, -0.05) is 45.0 Å². The SMILES string of the molecule is CCc1ccc(C(C#N)N2CCN(C(=O)C(CC)CC)CC2)cc1. The normalized spacial score (nSPS) is 16.9. The number of amides is 1. The molecule has 4 heteroatoms. The van der Waals surface area contributed by atoms with Gasteiger partial charge in [0.05, 0.1) is 6.07 Å². The highest BCUT2D eigenvalue weighted by atomic mass is 16.2. The van der Waals surface area contributed by atoms with E-state index in [4.69, 9.17) is 0 Å². The number of hydrogen-bond acceptors (Lipinski definition) is 3. The summed E-state index contributed by atoms with van der Waals surface area (Å²) in [6.45, 7) is 9.26. The van der Waals surface area contributed by atoms with Crippen molar-refractivity contribution in [1.82, 2.24) is 9.80 Å². The Balaban J connectivity index is 1.99. The molecule has 4 nitrogen and oxygen atoms in total. The van der Waals surface area contributed by atoms with Crippen LogP contribution in [-0.2, 0) is 11.2 Å². The molecule has 0 saturated carbocycles. The number of aryl methyl sites for hydroxylation is 1. The number of piperazine rings is 1. The molecule has 1 atom stereocenters. The number of rotatable bonds is 6. The van der Waals surface area contributed by atoms with Crippen LogP contribution in [0, 0.1) is 17.2 Å². The lowest BCUT2D eigenvalue weighted by Gasteiger charge is -2.38. The fourth-order valence-electron chi connectivity index (χ4n) is 3.40. The quantitative estimate of drug-likeness (QED) is 0.804. The number of carbonyl (C=O) groups excluding carboxylic acids is 1. The van der Waals surface area contributed by atoms with E-state index in [-0.39, 0.29) is 17.9 Å². The molecule has 24 heavy (non-hydrogen) atoms. The van der Waals surface area contributed by atoms with Gasteiger partial charge in [0.2, 0.25) is 5.91 Å². The van der Waals surface area contributed by atoms with Crippen LogP contribution in [0.4, 0.5) is 0 Å². The van der Waals surface area contributed by atoms with Crippen LogP contribution in [0.25, 0.3) is 0 Å². The predicted octanol–water partition coefficient (Wildman–Crippen LogP) is 3.39. The molecule has 2 rings (SSSR count). The van der Waals surface area contributed by atoms with Crippen molar-refractivity contribution in [1.29, 1.82) is 5.26 Å². The molecule has 1 aliphatic rings. The van der Waals surface area contributed by atoms with Crippen LogP contribution in [0.2, 0.25) is 0 Å². The highest BCUT2D eigenvalue weighted by molar-refractivity contribution is 5.78. The van der Waals surface area contributed by atoms with Crippen molar-refractivity contribution in [2.24, 2.45) is 5.92 Å². The first-order valence-electron chi connectivity index (χ1n) is 9.15. The van der Waals surface area contributed by atoms with Crippen molar-refractivity contribution in [3.63, 3.8) is 0 Å². The lowest BCUT2D eigenvalue weighted by atomic mass is 10.0. The summed E-state index contributed by atoms with van der Waals surface area (Å²) in [5.74, 6) is 0.422. The summed E-state index contributed by atoms with van der Waals surface area (Å²) in [5.41, 5.74) is 2.34. The van der Waals surface area contributed by atoms with E-state index in [1.54, 1.807) is 0 Å². The van der Waals surface area contributed by atoms with Crippen LogP contribution in [0.1, 0.15) is 50.8 Å². The molecule has 0 bridgehead atoms. The average molecular weight is 327 g/mol. The third-order valence-electron chi connectivity index (χ3n) is 5.15. The molecule has 0 spiro atoms. The Bertz CT molecular complexity index is 564. The molecule has 1 fully saturated rings. The molecule has 1 heterocycles. The Hall–Kier alpha value is -1.86. The van der Waals surface area contributed by atoms with Gasteiger partial charge in [-0.25, -0.2) is 0 Å². The number of nitrogens with zero attached hydrogens (tertiary/aromatic N) is 3. The first-order chi connectivity index (χ1) is 11.6. The largest absolute Gasteiger partial charge is 0.340 e. The van der Waals surface area contributed by atoms with Crippen LogP contribution in [0.5, 0.6) is 0 Å². The minimum Gasteiger partial charge on any atom is -0.340 e. The first-order valence-corrected chi connectivity index (χ1v) is 9.15. The molecule has 1 unspecified atom stereocenters. The monoisotopic (exact) mass is 327 g/mol. The van der Waals surface area contributed by atoms with Crippen molar-refractivity contribution in [3.05, 3.63) is 35.4 Å². The molecule has 1 aromatic rings. The van der Waals surface area contributed by atoms with Gasteiger partial charge in [-0.2, -0.15) is 5.26 Å². The minimum absolute atomic E-state index is 0.143. The zero-order valence-electron chi connectivity index (χ0n) is 15.2. The highest BCUT2D eigenvalue weighted by Gasteiger charge is 2.29. The number of hydrogen-bond donors (Lipinski definition) is 0. The number of carbonyl (C=O) groups is 1. The molecule has 0 radical (unpaired) electrons. The van der Waals surface area contributed by atoms with Crippen molar-refractivity contribution in [3.8, 4) is 6.07 Å². The Labute approximate surface area is 146 Å². The molecule has 130 valence electrons. The van der Waals surface area contributed by atoms with Crippen molar-refractivity contribution in [2.45, 2.75) is 46.1 Å². The van der Waals surface area contributed by atoms with E-state index in [9.17, 15) is 10.1 Å². The van der Waals surface area contributed by atoms with Crippen molar-refractivity contribution >= 4 is 5.91 Å². The third-order valence-corrected chi connectivity index (χ3v) is 5.15. The van der Waals surface area contributed by atoms with Gasteiger partial charge in [-0.15, -0.1) is 0 Å². The molecular formula is C20H29N3O. The molecule has 0 aromatic heterocycles. The van der Waals surface area contributed by atoms with Crippen LogP contribution in [0.3, 0.4) is 0 Å². The van der Waals surface area contributed by atoms with Gasteiger partial charge in [0.1, 0.15) is 6.04 Å². The zero-order valence-corrected chi connectivity index (χ0v) is 15.2. The molecule has 1 saturated heterocycles. The van der Waals surface area contributed by atoms with Gasteiger partial charge in [-0.05, 0) is 30.4 Å². The fourth-order valence-corrected chi connectivity index (χ4v) is 3.40. The van der Waals surface area contributed by atoms with Crippen molar-refractivity contribution in [2.75, 3.05) is 26.2 Å². The molecule has 1 aliphatic heterocycles. The van der Waals surface area contributed by atoms with E-state index < -0.39 is 0 Å². The molecule has 1 aromatic carbocycles. The summed E-state index contributed by atoms with van der Waals surface area (Å²) in [4.78, 5) is 16.7. The predicted molar refractivity (Wildman–Crippen MR) is 96.4 cm³/mol. The van der Waals surface area contributed by atoms with E-state index >= 15 is 0 Å². The maximum atomic E-state index is 12.5. The highest BCUT2D eigenvalue weighted by Crippen LogP contribution is 2.23. The summed E-state index contributed by atoms with van der Waals surface area (Å²) in [6.07, 6.45) is 2.81. The van der Waals surface area contributed by atoms with Gasteiger partial charge in [-0.3, -0.25) is 9.69 Å². The maximum absolute atomic E-state index is 12.5. The van der Waals surface area contributed by atoms with Gasteiger partial charge < -0.3 is 4.90 Å². The third kappa shape index (κ3) is 4.15. The van der Waals surface area contributed by atoms with E-state index in [1.807, 2.05) is 4.90 Å². The second kappa shape index (κ2) is 8.84. The minimum atomic E-state index is -0.221. The summed E-state index contributed by atoms with van der Waals surface area (Å²) in [6, 6.07) is 10.6. The summed E-state index contributed by atoms with van der Waals surface area (Å²) >= 11 is 0. The fraction of sp³-hybridized carbons (Fsp3) is 0.600. The Morgan fingerprint density at radius 1 is 1.08 bits per heavy atom. The van der Waals surface area contributed by atoms with E-state index in [1.165, 1.54) is 5.56 Å². The van der Waals surface area contributed by atoms with E-state index in [0.29, 0.717) is 0 Å². The lowest BCUT2D eigenvalue weighted by molar-refractivity contribution is -0.137. The summed E-state index contributed by atoms with van der Waals surface area (Å²) in [7, 11) is 0. The summed E-state index contributed by atoms with van der Waals surface area (Å²) in [5, 5.41) is 9.63. The lowest BCUT2D eigenvalue weighted by Crippen LogP contribution is -2.50. The molecule has 0 aliphatic carbocycles. The van der Waals surface area contributed by atoms with Gasteiger partial charge in [0, 0.05) is 32.1 Å². The Morgan fingerprint density at radius 2 is 1.67 bits per heavy atom. The van der Waals surface area contributed by atoms with Gasteiger partial charge >= 0.3 is 0 Å². The molecule has 0 N–H and O–H groups in total. The topological polar surface area (TPSA) is 47.3 Å².